The first kappa shape index (κ1) is 27.7. The summed E-state index contributed by atoms with van der Waals surface area (Å²) < 4.78 is 1.76. The van der Waals surface area contributed by atoms with E-state index in [1.54, 1.807) is 28.8 Å². The summed E-state index contributed by atoms with van der Waals surface area (Å²) in [5, 5.41) is 15.7. The van der Waals surface area contributed by atoms with Crippen molar-refractivity contribution in [3.05, 3.63) is 98.3 Å². The third-order valence-corrected chi connectivity index (χ3v) is 7.71. The van der Waals surface area contributed by atoms with Crippen molar-refractivity contribution in [3.63, 3.8) is 0 Å². The number of benzene rings is 3. The SMILES string of the molecule is Cc1ccc(C)c(NC(=O)CSc2nnc(CNC(=O)c3ccc(C)c(C)c3)n2-c2ccc(Cl)c(Cl)c2)c1. The quantitative estimate of drug-likeness (QED) is 0.238. The second kappa shape index (κ2) is 12.0. The van der Waals surface area contributed by atoms with Crippen molar-refractivity contribution in [1.82, 2.24) is 20.1 Å². The number of nitrogens with one attached hydrogen (secondary N) is 2. The highest BCUT2D eigenvalue weighted by Gasteiger charge is 2.18. The lowest BCUT2D eigenvalue weighted by Gasteiger charge is -2.13. The molecule has 0 unspecified atom stereocenters. The van der Waals surface area contributed by atoms with Crippen LogP contribution in [0, 0.1) is 27.7 Å². The largest absolute Gasteiger partial charge is 0.345 e. The normalized spacial score (nSPS) is 10.9. The van der Waals surface area contributed by atoms with Crippen LogP contribution in [0.2, 0.25) is 10.0 Å². The Hall–Kier alpha value is -3.33. The summed E-state index contributed by atoms with van der Waals surface area (Å²) >= 11 is 13.7. The first-order chi connectivity index (χ1) is 18.1. The molecule has 1 aromatic heterocycles. The zero-order valence-corrected chi connectivity index (χ0v) is 23.8. The van der Waals surface area contributed by atoms with Crippen molar-refractivity contribution in [3.8, 4) is 5.69 Å². The second-order valence-electron chi connectivity index (χ2n) is 8.97. The summed E-state index contributed by atoms with van der Waals surface area (Å²) in [5.41, 5.74) is 6.19. The van der Waals surface area contributed by atoms with Gasteiger partial charge in [0.1, 0.15) is 0 Å². The van der Waals surface area contributed by atoms with Gasteiger partial charge in [-0.05, 0) is 86.3 Å². The van der Waals surface area contributed by atoms with Gasteiger partial charge in [0.15, 0.2) is 11.0 Å². The number of hydrogen-bond donors (Lipinski definition) is 2. The number of aromatic nitrogens is 3. The minimum Gasteiger partial charge on any atom is -0.345 e. The third kappa shape index (κ3) is 6.56. The molecule has 2 N–H and O–H groups in total. The van der Waals surface area contributed by atoms with Gasteiger partial charge in [0.2, 0.25) is 5.91 Å². The third-order valence-electron chi connectivity index (χ3n) is 6.04. The molecule has 0 aliphatic carbocycles. The van der Waals surface area contributed by atoms with Crippen LogP contribution in [0.5, 0.6) is 0 Å². The summed E-state index contributed by atoms with van der Waals surface area (Å²) in [7, 11) is 0. The Morgan fingerprint density at radius 2 is 1.63 bits per heavy atom. The van der Waals surface area contributed by atoms with E-state index in [9.17, 15) is 9.59 Å². The number of carbonyl (C=O) groups is 2. The van der Waals surface area contributed by atoms with Crippen LogP contribution in [-0.4, -0.2) is 32.3 Å². The maximum Gasteiger partial charge on any atom is 0.251 e. The number of nitrogens with zero attached hydrogens (tertiary/aromatic N) is 3. The molecule has 0 aliphatic rings. The minimum absolute atomic E-state index is 0.113. The molecule has 3 aromatic carbocycles. The molecule has 0 fully saturated rings. The molecule has 1 heterocycles. The molecule has 4 rings (SSSR count). The van der Waals surface area contributed by atoms with E-state index >= 15 is 0 Å². The molecule has 0 saturated carbocycles. The Balaban J connectivity index is 1.54. The van der Waals surface area contributed by atoms with Crippen molar-refractivity contribution >= 4 is 52.5 Å². The number of anilines is 1. The molecule has 0 spiro atoms. The molecule has 0 atom stereocenters. The van der Waals surface area contributed by atoms with Gasteiger partial charge in [0, 0.05) is 11.3 Å². The maximum absolute atomic E-state index is 12.8. The smallest absolute Gasteiger partial charge is 0.251 e. The van der Waals surface area contributed by atoms with Crippen molar-refractivity contribution in [2.75, 3.05) is 11.1 Å². The molecule has 0 bridgehead atoms. The molecule has 38 heavy (non-hydrogen) atoms. The summed E-state index contributed by atoms with van der Waals surface area (Å²) in [6.07, 6.45) is 0. The van der Waals surface area contributed by atoms with Crippen LogP contribution < -0.4 is 10.6 Å². The lowest BCUT2D eigenvalue weighted by atomic mass is 10.1. The van der Waals surface area contributed by atoms with Crippen LogP contribution in [0.15, 0.2) is 59.8 Å². The lowest BCUT2D eigenvalue weighted by molar-refractivity contribution is -0.113. The summed E-state index contributed by atoms with van der Waals surface area (Å²) in [5.74, 6) is 0.204. The van der Waals surface area contributed by atoms with Crippen molar-refractivity contribution in [1.29, 1.82) is 0 Å². The molecular formula is C28H27Cl2N5O2S. The predicted molar refractivity (Wildman–Crippen MR) is 154 cm³/mol. The van der Waals surface area contributed by atoms with Gasteiger partial charge in [-0.15, -0.1) is 10.2 Å². The number of halogens is 2. The summed E-state index contributed by atoms with van der Waals surface area (Å²) in [6.45, 7) is 8.00. The zero-order valence-electron chi connectivity index (χ0n) is 21.4. The van der Waals surface area contributed by atoms with Crippen LogP contribution >= 0.6 is 35.0 Å². The number of hydrogen-bond acceptors (Lipinski definition) is 5. The number of carbonyl (C=O) groups excluding carboxylic acids is 2. The fourth-order valence-electron chi connectivity index (χ4n) is 3.72. The Kier molecular flexibility index (Phi) is 8.76. The van der Waals surface area contributed by atoms with E-state index in [-0.39, 0.29) is 24.1 Å². The molecule has 7 nitrogen and oxygen atoms in total. The molecule has 4 aromatic rings. The van der Waals surface area contributed by atoms with E-state index in [4.69, 9.17) is 23.2 Å². The first-order valence-electron chi connectivity index (χ1n) is 11.9. The Morgan fingerprint density at radius 3 is 2.37 bits per heavy atom. The number of thioether (sulfide) groups is 1. The highest BCUT2D eigenvalue weighted by molar-refractivity contribution is 7.99. The van der Waals surface area contributed by atoms with Gasteiger partial charge in [0.25, 0.3) is 5.91 Å². The topological polar surface area (TPSA) is 88.9 Å². The average molecular weight is 569 g/mol. The van der Waals surface area contributed by atoms with E-state index < -0.39 is 0 Å². The Labute approximate surface area is 236 Å². The Morgan fingerprint density at radius 1 is 0.868 bits per heavy atom. The number of aryl methyl sites for hydroxylation is 4. The van der Waals surface area contributed by atoms with Gasteiger partial charge in [-0.25, -0.2) is 0 Å². The van der Waals surface area contributed by atoms with Crippen LogP contribution in [0.4, 0.5) is 5.69 Å². The van der Waals surface area contributed by atoms with Crippen LogP contribution in [0.25, 0.3) is 5.69 Å². The van der Waals surface area contributed by atoms with E-state index in [0.29, 0.717) is 32.3 Å². The van der Waals surface area contributed by atoms with Crippen LogP contribution in [0.3, 0.4) is 0 Å². The van der Waals surface area contributed by atoms with Crippen molar-refractivity contribution in [2.45, 2.75) is 39.4 Å². The summed E-state index contributed by atoms with van der Waals surface area (Å²) in [4.78, 5) is 25.6. The lowest BCUT2D eigenvalue weighted by Crippen LogP contribution is -2.24. The molecule has 0 radical (unpaired) electrons. The fourth-order valence-corrected chi connectivity index (χ4v) is 4.79. The highest BCUT2D eigenvalue weighted by Crippen LogP contribution is 2.28. The standard InChI is InChI=1S/C28H27Cl2N5O2S/c1-16-5-6-18(3)24(11-16)32-26(36)15-38-28-34-33-25(35(28)21-9-10-22(29)23(30)13-21)14-31-27(37)20-8-7-17(2)19(4)12-20/h5-13H,14-15H2,1-4H3,(H,31,37)(H,32,36). The first-order valence-corrected chi connectivity index (χ1v) is 13.6. The average Bonchev–Trinajstić information content (AvgIpc) is 3.29. The predicted octanol–water partition coefficient (Wildman–Crippen LogP) is 6.47. The summed E-state index contributed by atoms with van der Waals surface area (Å²) in [6, 6.07) is 16.6. The van der Waals surface area contributed by atoms with Gasteiger partial charge in [0.05, 0.1) is 28.0 Å². The maximum atomic E-state index is 12.8. The number of amides is 2. The molecule has 2 amide bonds. The van der Waals surface area contributed by atoms with Gasteiger partial charge in [-0.1, -0.05) is 53.2 Å². The molecular weight excluding hydrogens is 541 g/mol. The van der Waals surface area contributed by atoms with E-state index in [1.165, 1.54) is 11.8 Å². The zero-order chi connectivity index (χ0) is 27.4. The van der Waals surface area contributed by atoms with Gasteiger partial charge >= 0.3 is 0 Å². The molecule has 0 saturated heterocycles. The second-order valence-corrected chi connectivity index (χ2v) is 10.7. The highest BCUT2D eigenvalue weighted by atomic mass is 35.5. The number of rotatable bonds is 8. The monoisotopic (exact) mass is 567 g/mol. The van der Waals surface area contributed by atoms with Crippen LogP contribution in [-0.2, 0) is 11.3 Å². The van der Waals surface area contributed by atoms with Crippen LogP contribution in [0.1, 0.15) is 38.4 Å². The molecule has 0 aliphatic heterocycles. The molecule has 10 heteroatoms. The van der Waals surface area contributed by atoms with E-state index in [2.05, 4.69) is 20.8 Å². The Bertz CT molecular complexity index is 1520. The fraction of sp³-hybridized carbons (Fsp3) is 0.214. The van der Waals surface area contributed by atoms with Gasteiger partial charge in [-0.2, -0.15) is 0 Å². The van der Waals surface area contributed by atoms with Crippen molar-refractivity contribution in [2.24, 2.45) is 0 Å². The minimum atomic E-state index is -0.223. The van der Waals surface area contributed by atoms with Gasteiger partial charge in [-0.3, -0.25) is 14.2 Å². The van der Waals surface area contributed by atoms with E-state index in [1.807, 2.05) is 58.0 Å². The van der Waals surface area contributed by atoms with Gasteiger partial charge < -0.3 is 10.6 Å². The van der Waals surface area contributed by atoms with E-state index in [0.717, 1.165) is 27.9 Å². The van der Waals surface area contributed by atoms with Crippen molar-refractivity contribution < 1.29 is 9.59 Å². The molecule has 196 valence electrons.